The molecule has 1 N–H and O–H groups in total. The lowest BCUT2D eigenvalue weighted by atomic mass is 9.93. The Hall–Kier alpha value is -3.10. The Bertz CT molecular complexity index is 1130. The monoisotopic (exact) mass is 456 g/mol. The van der Waals surface area contributed by atoms with Crippen molar-refractivity contribution in [3.8, 4) is 5.75 Å². The number of benzene rings is 1. The highest BCUT2D eigenvalue weighted by atomic mass is 35.5. The normalized spacial score (nSPS) is 19.4. The molecule has 4 rings (SSSR count). The van der Waals surface area contributed by atoms with Crippen molar-refractivity contribution in [2.45, 2.75) is 25.4 Å². The zero-order valence-corrected chi connectivity index (χ0v) is 18.4. The number of nitrogens with zero attached hydrogens (tertiary/aromatic N) is 3. The standard InChI is InChI=1S/C23H22ClFN4O3/c1-14-26-11-20(19(28-14)12-31-2)32-13-23(15-4-3-5-16(24)8-15)9-18(23)22(30)29-21-7-6-17(25)10-27-21/h3-8,10-11,18H,9,12-13H2,1-2H3,(H,27,29,30). The van der Waals surface area contributed by atoms with Crippen LogP contribution in [0.5, 0.6) is 5.75 Å². The third-order valence-corrected chi connectivity index (χ3v) is 5.72. The minimum absolute atomic E-state index is 0.218. The summed E-state index contributed by atoms with van der Waals surface area (Å²) in [6.45, 7) is 2.30. The number of aromatic nitrogens is 3. The fourth-order valence-electron chi connectivity index (χ4n) is 3.75. The second-order valence-electron chi connectivity index (χ2n) is 7.72. The van der Waals surface area contributed by atoms with Gasteiger partial charge in [-0.05, 0) is 43.2 Å². The molecule has 2 atom stereocenters. The number of carbonyl (C=O) groups is 1. The molecule has 0 radical (unpaired) electrons. The predicted octanol–water partition coefficient (Wildman–Crippen LogP) is 4.09. The van der Waals surface area contributed by atoms with E-state index >= 15 is 0 Å². The van der Waals surface area contributed by atoms with E-state index in [0.717, 1.165) is 11.8 Å². The van der Waals surface area contributed by atoms with Gasteiger partial charge in [0.15, 0.2) is 5.75 Å². The average Bonchev–Trinajstić information content (AvgIpc) is 3.51. The summed E-state index contributed by atoms with van der Waals surface area (Å²) in [5.74, 6) is 0.353. The van der Waals surface area contributed by atoms with Crippen LogP contribution in [0.25, 0.3) is 0 Å². The van der Waals surface area contributed by atoms with Gasteiger partial charge in [0, 0.05) is 17.5 Å². The summed E-state index contributed by atoms with van der Waals surface area (Å²) in [4.78, 5) is 25.5. The van der Waals surface area contributed by atoms with Gasteiger partial charge in [-0.2, -0.15) is 0 Å². The number of nitrogens with one attached hydrogen (secondary N) is 1. The molecule has 1 aliphatic carbocycles. The van der Waals surface area contributed by atoms with E-state index in [9.17, 15) is 9.18 Å². The number of methoxy groups -OCH3 is 1. The van der Waals surface area contributed by atoms with Crippen LogP contribution >= 0.6 is 11.6 Å². The van der Waals surface area contributed by atoms with E-state index in [2.05, 4.69) is 20.3 Å². The summed E-state index contributed by atoms with van der Waals surface area (Å²) in [6.07, 6.45) is 3.24. The van der Waals surface area contributed by atoms with Crippen LogP contribution in [-0.4, -0.2) is 34.6 Å². The van der Waals surface area contributed by atoms with E-state index < -0.39 is 11.2 Å². The number of hydrogen-bond donors (Lipinski definition) is 1. The van der Waals surface area contributed by atoms with Gasteiger partial charge in [-0.1, -0.05) is 23.7 Å². The van der Waals surface area contributed by atoms with Gasteiger partial charge in [0.05, 0.1) is 31.5 Å². The molecular weight excluding hydrogens is 435 g/mol. The van der Waals surface area contributed by atoms with Crippen molar-refractivity contribution >= 4 is 23.3 Å². The molecule has 1 fully saturated rings. The highest BCUT2D eigenvalue weighted by Gasteiger charge is 2.60. The number of aryl methyl sites for hydroxylation is 1. The van der Waals surface area contributed by atoms with Crippen molar-refractivity contribution < 1.29 is 18.7 Å². The molecule has 1 amide bonds. The number of halogens is 2. The van der Waals surface area contributed by atoms with Gasteiger partial charge >= 0.3 is 0 Å². The Labute approximate surface area is 190 Å². The lowest BCUT2D eigenvalue weighted by molar-refractivity contribution is -0.117. The predicted molar refractivity (Wildman–Crippen MR) is 117 cm³/mol. The molecule has 1 aromatic carbocycles. The van der Waals surface area contributed by atoms with Gasteiger partial charge in [-0.3, -0.25) is 4.79 Å². The van der Waals surface area contributed by atoms with Gasteiger partial charge in [0.2, 0.25) is 5.91 Å². The van der Waals surface area contributed by atoms with Crippen LogP contribution in [0.1, 0.15) is 23.5 Å². The molecule has 0 bridgehead atoms. The summed E-state index contributed by atoms with van der Waals surface area (Å²) >= 11 is 6.23. The number of ether oxygens (including phenoxy) is 2. The molecule has 3 aromatic rings. The Morgan fingerprint density at radius 2 is 2.12 bits per heavy atom. The first kappa shape index (κ1) is 22.1. The van der Waals surface area contributed by atoms with Crippen molar-refractivity contribution in [2.75, 3.05) is 19.0 Å². The van der Waals surface area contributed by atoms with Gasteiger partial charge in [-0.25, -0.2) is 19.3 Å². The molecule has 9 heteroatoms. The van der Waals surface area contributed by atoms with Crippen molar-refractivity contribution in [2.24, 2.45) is 5.92 Å². The average molecular weight is 457 g/mol. The Morgan fingerprint density at radius 1 is 1.28 bits per heavy atom. The summed E-state index contributed by atoms with van der Waals surface area (Å²) in [5, 5.41) is 3.33. The summed E-state index contributed by atoms with van der Waals surface area (Å²) in [7, 11) is 1.58. The van der Waals surface area contributed by atoms with Gasteiger partial charge in [0.25, 0.3) is 0 Å². The number of carbonyl (C=O) groups excluding carboxylic acids is 1. The first-order chi connectivity index (χ1) is 15.4. The molecule has 2 unspecified atom stereocenters. The maximum absolute atomic E-state index is 13.1. The van der Waals surface area contributed by atoms with Crippen LogP contribution in [0.2, 0.25) is 5.02 Å². The number of rotatable bonds is 8. The van der Waals surface area contributed by atoms with Crippen molar-refractivity contribution in [3.05, 3.63) is 76.7 Å². The van der Waals surface area contributed by atoms with Gasteiger partial charge in [0.1, 0.15) is 23.2 Å². The Balaban J connectivity index is 1.57. The number of hydrogen-bond acceptors (Lipinski definition) is 6. The molecule has 1 saturated carbocycles. The van der Waals surface area contributed by atoms with Crippen LogP contribution in [0, 0.1) is 18.7 Å². The molecule has 7 nitrogen and oxygen atoms in total. The quantitative estimate of drug-likeness (QED) is 0.549. The highest BCUT2D eigenvalue weighted by molar-refractivity contribution is 6.30. The van der Waals surface area contributed by atoms with E-state index in [1.54, 1.807) is 26.3 Å². The van der Waals surface area contributed by atoms with E-state index in [4.69, 9.17) is 21.1 Å². The fraction of sp³-hybridized carbons (Fsp3) is 0.304. The summed E-state index contributed by atoms with van der Waals surface area (Å²) in [6, 6.07) is 10.1. The molecule has 2 heterocycles. The maximum atomic E-state index is 13.1. The molecule has 1 aliphatic rings. The second-order valence-corrected chi connectivity index (χ2v) is 8.16. The maximum Gasteiger partial charge on any atom is 0.229 e. The number of pyridine rings is 1. The fourth-order valence-corrected chi connectivity index (χ4v) is 3.94. The minimum Gasteiger partial charge on any atom is -0.489 e. The van der Waals surface area contributed by atoms with Crippen molar-refractivity contribution in [1.29, 1.82) is 0 Å². The minimum atomic E-state index is -0.579. The van der Waals surface area contributed by atoms with E-state index in [1.807, 2.05) is 18.2 Å². The van der Waals surface area contributed by atoms with E-state index in [0.29, 0.717) is 34.5 Å². The molecule has 2 aromatic heterocycles. The van der Waals surface area contributed by atoms with Gasteiger partial charge < -0.3 is 14.8 Å². The zero-order chi connectivity index (χ0) is 22.7. The molecule has 0 aliphatic heterocycles. The smallest absolute Gasteiger partial charge is 0.229 e. The van der Waals surface area contributed by atoms with Crippen LogP contribution < -0.4 is 10.1 Å². The Kier molecular flexibility index (Phi) is 6.34. The van der Waals surface area contributed by atoms with Crippen LogP contribution in [0.3, 0.4) is 0 Å². The molecule has 0 spiro atoms. The van der Waals surface area contributed by atoms with Gasteiger partial charge in [-0.15, -0.1) is 0 Å². The van der Waals surface area contributed by atoms with Crippen molar-refractivity contribution in [1.82, 2.24) is 15.0 Å². The Morgan fingerprint density at radius 3 is 2.84 bits per heavy atom. The third-order valence-electron chi connectivity index (χ3n) is 5.49. The first-order valence-electron chi connectivity index (χ1n) is 10.0. The summed E-state index contributed by atoms with van der Waals surface area (Å²) in [5.41, 5.74) is 0.960. The molecule has 166 valence electrons. The molecule has 0 saturated heterocycles. The topological polar surface area (TPSA) is 86.2 Å². The van der Waals surface area contributed by atoms with Crippen molar-refractivity contribution in [3.63, 3.8) is 0 Å². The zero-order valence-electron chi connectivity index (χ0n) is 17.6. The number of anilines is 1. The second kappa shape index (κ2) is 9.18. The largest absolute Gasteiger partial charge is 0.489 e. The lowest BCUT2D eigenvalue weighted by Gasteiger charge is -2.20. The van der Waals surface area contributed by atoms with Crippen LogP contribution in [0.15, 0.2) is 48.8 Å². The highest BCUT2D eigenvalue weighted by Crippen LogP contribution is 2.55. The van der Waals surface area contributed by atoms with Crippen LogP contribution in [0.4, 0.5) is 10.2 Å². The SMILES string of the molecule is COCc1nc(C)ncc1OCC1(c2cccc(Cl)c2)CC1C(=O)Nc1ccc(F)cn1. The van der Waals surface area contributed by atoms with E-state index in [1.165, 1.54) is 12.1 Å². The van der Waals surface area contributed by atoms with Crippen LogP contribution in [-0.2, 0) is 21.6 Å². The molecule has 32 heavy (non-hydrogen) atoms. The van der Waals surface area contributed by atoms with E-state index in [-0.39, 0.29) is 25.0 Å². The summed E-state index contributed by atoms with van der Waals surface area (Å²) < 4.78 is 24.5. The number of amides is 1. The third kappa shape index (κ3) is 4.71. The first-order valence-corrected chi connectivity index (χ1v) is 10.4. The lowest BCUT2D eigenvalue weighted by Crippen LogP contribution is -2.27. The molecular formula is C23H22ClFN4O3.